The second-order valence-corrected chi connectivity index (χ2v) is 5.82. The van der Waals surface area contributed by atoms with Gasteiger partial charge in [0.05, 0.1) is 26.2 Å². The number of amides is 1. The molecule has 0 aliphatic heterocycles. The molecule has 0 atom stereocenters. The van der Waals surface area contributed by atoms with Gasteiger partial charge in [-0.05, 0) is 41.0 Å². The van der Waals surface area contributed by atoms with Gasteiger partial charge in [-0.3, -0.25) is 4.79 Å². The molecule has 0 saturated heterocycles. The van der Waals surface area contributed by atoms with Crippen LogP contribution in [-0.4, -0.2) is 31.4 Å². The van der Waals surface area contributed by atoms with Gasteiger partial charge < -0.3 is 19.9 Å². The van der Waals surface area contributed by atoms with E-state index in [0.29, 0.717) is 22.4 Å². The standard InChI is InChI=1S/C19H18F3NO5/c1-27-16-6-3-11(8-17(24)25)7-15(16)14-5-4-13(19(20,21)22)9-12(14)10-23-18(26)28-2/h3-7,9H,8,10H2,1-2H3,(H,23,26)(H,24,25). The van der Waals surface area contributed by atoms with Crippen LogP contribution in [0.25, 0.3) is 11.1 Å². The number of hydrogen-bond donors (Lipinski definition) is 2. The Morgan fingerprint density at radius 3 is 2.36 bits per heavy atom. The summed E-state index contributed by atoms with van der Waals surface area (Å²) in [5, 5.41) is 11.3. The number of carbonyl (C=O) groups excluding carboxylic acids is 1. The summed E-state index contributed by atoms with van der Waals surface area (Å²) < 4.78 is 49.1. The first-order chi connectivity index (χ1) is 13.2. The van der Waals surface area contributed by atoms with E-state index in [-0.39, 0.29) is 18.5 Å². The van der Waals surface area contributed by atoms with Gasteiger partial charge in [-0.15, -0.1) is 0 Å². The van der Waals surface area contributed by atoms with Crippen molar-refractivity contribution in [1.29, 1.82) is 0 Å². The van der Waals surface area contributed by atoms with Gasteiger partial charge in [0.1, 0.15) is 5.75 Å². The summed E-state index contributed by atoms with van der Waals surface area (Å²) in [5.74, 6) is -0.690. The van der Waals surface area contributed by atoms with E-state index in [0.717, 1.165) is 19.2 Å². The molecule has 0 aromatic heterocycles. The summed E-state index contributed by atoms with van der Waals surface area (Å²) >= 11 is 0. The fraction of sp³-hybridized carbons (Fsp3) is 0.263. The van der Waals surface area contributed by atoms with Crippen molar-refractivity contribution >= 4 is 12.1 Å². The SMILES string of the molecule is COC(=O)NCc1cc(C(F)(F)F)ccc1-c1cc(CC(=O)O)ccc1OC. The molecule has 9 heteroatoms. The van der Waals surface area contributed by atoms with Crippen molar-refractivity contribution in [3.8, 4) is 16.9 Å². The third kappa shape index (κ3) is 5.15. The third-order valence-corrected chi connectivity index (χ3v) is 3.95. The second-order valence-electron chi connectivity index (χ2n) is 5.82. The van der Waals surface area contributed by atoms with Crippen molar-refractivity contribution in [3.63, 3.8) is 0 Å². The van der Waals surface area contributed by atoms with Crippen LogP contribution in [0.15, 0.2) is 36.4 Å². The number of halogens is 3. The zero-order chi connectivity index (χ0) is 20.9. The highest BCUT2D eigenvalue weighted by atomic mass is 19.4. The number of alkyl halides is 3. The maximum Gasteiger partial charge on any atom is 0.416 e. The lowest BCUT2D eigenvalue weighted by molar-refractivity contribution is -0.138. The summed E-state index contributed by atoms with van der Waals surface area (Å²) in [7, 11) is 2.53. The van der Waals surface area contributed by atoms with E-state index in [1.54, 1.807) is 12.1 Å². The van der Waals surface area contributed by atoms with Crippen molar-refractivity contribution in [2.45, 2.75) is 19.1 Å². The summed E-state index contributed by atoms with van der Waals surface area (Å²) in [6, 6.07) is 7.75. The van der Waals surface area contributed by atoms with E-state index in [2.05, 4.69) is 10.1 Å². The number of hydrogen-bond acceptors (Lipinski definition) is 4. The smallest absolute Gasteiger partial charge is 0.416 e. The minimum absolute atomic E-state index is 0.172. The van der Waals surface area contributed by atoms with E-state index >= 15 is 0 Å². The molecule has 0 spiro atoms. The van der Waals surface area contributed by atoms with E-state index in [9.17, 15) is 22.8 Å². The van der Waals surface area contributed by atoms with Crippen LogP contribution in [0.5, 0.6) is 5.75 Å². The largest absolute Gasteiger partial charge is 0.496 e. The number of rotatable bonds is 6. The molecule has 1 amide bonds. The molecule has 2 N–H and O–H groups in total. The molecule has 2 aromatic carbocycles. The van der Waals surface area contributed by atoms with Crippen molar-refractivity contribution < 1.29 is 37.3 Å². The maximum atomic E-state index is 13.1. The molecule has 0 heterocycles. The second kappa shape index (κ2) is 8.64. The number of nitrogens with one attached hydrogen (secondary N) is 1. The Kier molecular flexibility index (Phi) is 6.50. The molecule has 0 fully saturated rings. The van der Waals surface area contributed by atoms with Crippen LogP contribution in [0.1, 0.15) is 16.7 Å². The lowest BCUT2D eigenvalue weighted by Crippen LogP contribution is -2.23. The summed E-state index contributed by atoms with van der Waals surface area (Å²) in [5.41, 5.74) is 0.532. The Bertz CT molecular complexity index is 880. The third-order valence-electron chi connectivity index (χ3n) is 3.95. The van der Waals surface area contributed by atoms with E-state index in [1.807, 2.05) is 0 Å². The number of ether oxygens (including phenoxy) is 2. The molecule has 0 radical (unpaired) electrons. The first-order valence-corrected chi connectivity index (χ1v) is 8.06. The minimum atomic E-state index is -4.56. The first kappa shape index (κ1) is 21.1. The normalized spacial score (nSPS) is 11.0. The van der Waals surface area contributed by atoms with Crippen LogP contribution in [0.4, 0.5) is 18.0 Å². The van der Waals surface area contributed by atoms with Gasteiger partial charge in [0, 0.05) is 12.1 Å². The number of carbonyl (C=O) groups is 2. The van der Waals surface area contributed by atoms with Crippen molar-refractivity contribution in [1.82, 2.24) is 5.32 Å². The van der Waals surface area contributed by atoms with E-state index in [1.165, 1.54) is 19.2 Å². The predicted molar refractivity (Wildman–Crippen MR) is 94.0 cm³/mol. The summed E-state index contributed by atoms with van der Waals surface area (Å²) in [6.45, 7) is -0.224. The fourth-order valence-electron chi connectivity index (χ4n) is 2.67. The molecule has 0 aliphatic carbocycles. The molecule has 0 aliphatic rings. The Labute approximate surface area is 158 Å². The predicted octanol–water partition coefficient (Wildman–Crippen LogP) is 3.86. The number of alkyl carbamates (subject to hydrolysis) is 1. The molecule has 2 rings (SSSR count). The Morgan fingerprint density at radius 1 is 1.07 bits per heavy atom. The zero-order valence-electron chi connectivity index (χ0n) is 15.1. The minimum Gasteiger partial charge on any atom is -0.496 e. The average molecular weight is 397 g/mol. The lowest BCUT2D eigenvalue weighted by atomic mass is 9.94. The molecule has 0 unspecified atom stereocenters. The van der Waals surface area contributed by atoms with Crippen molar-refractivity contribution in [3.05, 3.63) is 53.1 Å². The lowest BCUT2D eigenvalue weighted by Gasteiger charge is -2.17. The number of benzene rings is 2. The van der Waals surface area contributed by atoms with Gasteiger partial charge in [0.25, 0.3) is 0 Å². The topological polar surface area (TPSA) is 84.9 Å². The van der Waals surface area contributed by atoms with Crippen molar-refractivity contribution in [2.75, 3.05) is 14.2 Å². The molecule has 0 bridgehead atoms. The quantitative estimate of drug-likeness (QED) is 0.773. The van der Waals surface area contributed by atoms with E-state index in [4.69, 9.17) is 9.84 Å². The Morgan fingerprint density at radius 2 is 1.79 bits per heavy atom. The average Bonchev–Trinajstić information content (AvgIpc) is 2.64. The molecular weight excluding hydrogens is 379 g/mol. The van der Waals surface area contributed by atoms with Gasteiger partial charge in [-0.1, -0.05) is 12.1 Å². The van der Waals surface area contributed by atoms with Crippen LogP contribution in [0.2, 0.25) is 0 Å². The highest BCUT2D eigenvalue weighted by Crippen LogP contribution is 2.37. The Hall–Kier alpha value is -3.23. The molecule has 6 nitrogen and oxygen atoms in total. The highest BCUT2D eigenvalue weighted by molar-refractivity contribution is 5.77. The fourth-order valence-corrected chi connectivity index (χ4v) is 2.67. The summed E-state index contributed by atoms with van der Waals surface area (Å²) in [4.78, 5) is 22.4. The van der Waals surface area contributed by atoms with E-state index < -0.39 is 23.8 Å². The van der Waals surface area contributed by atoms with Gasteiger partial charge in [0.15, 0.2) is 0 Å². The number of aliphatic carboxylic acids is 1. The maximum absolute atomic E-state index is 13.1. The highest BCUT2D eigenvalue weighted by Gasteiger charge is 2.31. The first-order valence-electron chi connectivity index (χ1n) is 8.06. The number of methoxy groups -OCH3 is 2. The van der Waals surface area contributed by atoms with Crippen LogP contribution >= 0.6 is 0 Å². The summed E-state index contributed by atoms with van der Waals surface area (Å²) in [6.07, 6.45) is -5.61. The van der Waals surface area contributed by atoms with Crippen LogP contribution < -0.4 is 10.1 Å². The van der Waals surface area contributed by atoms with Crippen LogP contribution in [0, 0.1) is 0 Å². The molecule has 28 heavy (non-hydrogen) atoms. The van der Waals surface area contributed by atoms with Gasteiger partial charge in [-0.2, -0.15) is 13.2 Å². The van der Waals surface area contributed by atoms with Crippen LogP contribution in [0.3, 0.4) is 0 Å². The van der Waals surface area contributed by atoms with Crippen LogP contribution in [-0.2, 0) is 28.7 Å². The Balaban J connectivity index is 2.59. The monoisotopic (exact) mass is 397 g/mol. The van der Waals surface area contributed by atoms with Gasteiger partial charge in [0.2, 0.25) is 0 Å². The van der Waals surface area contributed by atoms with Gasteiger partial charge in [-0.25, -0.2) is 4.79 Å². The molecule has 2 aromatic rings. The molecular formula is C19H18F3NO5. The zero-order valence-corrected chi connectivity index (χ0v) is 15.1. The molecule has 0 saturated carbocycles. The van der Waals surface area contributed by atoms with Crippen molar-refractivity contribution in [2.24, 2.45) is 0 Å². The number of carboxylic acids is 1. The molecule has 150 valence electrons. The van der Waals surface area contributed by atoms with Gasteiger partial charge >= 0.3 is 18.2 Å². The number of carboxylic acid groups (broad SMARTS) is 1.